The molecule has 0 saturated heterocycles. The third-order valence-corrected chi connectivity index (χ3v) is 5.33. The van der Waals surface area contributed by atoms with Crippen LogP contribution >= 0.6 is 0 Å². The molecule has 0 aliphatic rings. The van der Waals surface area contributed by atoms with E-state index in [1.165, 1.54) is 0 Å². The lowest BCUT2D eigenvalue weighted by atomic mass is 10.2. The molecule has 6 nitrogen and oxygen atoms in total. The van der Waals surface area contributed by atoms with Gasteiger partial charge in [-0.3, -0.25) is 0 Å². The molecule has 0 saturated carbocycles. The van der Waals surface area contributed by atoms with Crippen LogP contribution in [0.5, 0.6) is 23.0 Å². The Bertz CT molecular complexity index is 1200. The molecule has 0 atom stereocenters. The van der Waals surface area contributed by atoms with E-state index in [0.717, 1.165) is 22.3 Å². The van der Waals surface area contributed by atoms with Crippen molar-refractivity contribution in [3.8, 4) is 23.0 Å². The molecular formula is C30H28N2O4. The lowest BCUT2D eigenvalue weighted by Crippen LogP contribution is -1.98. The molecular weight excluding hydrogens is 452 g/mol. The van der Waals surface area contributed by atoms with Gasteiger partial charge in [0.15, 0.2) is 23.0 Å². The third kappa shape index (κ3) is 6.96. The Kier molecular flexibility index (Phi) is 8.70. The van der Waals surface area contributed by atoms with Gasteiger partial charge in [0.05, 0.1) is 26.6 Å². The molecule has 4 aromatic rings. The molecule has 0 aliphatic carbocycles. The highest BCUT2D eigenvalue weighted by molar-refractivity contribution is 5.84. The number of benzene rings is 4. The Hall–Kier alpha value is -4.58. The SMILES string of the molecule is COc1cc(/C=N\N=C/c2ccc(OCc3ccccc3)c(OC)c2)ccc1OCc1ccccc1. The fourth-order valence-electron chi connectivity index (χ4n) is 3.44. The summed E-state index contributed by atoms with van der Waals surface area (Å²) in [6.07, 6.45) is 3.32. The number of hydrogen-bond acceptors (Lipinski definition) is 6. The van der Waals surface area contributed by atoms with E-state index < -0.39 is 0 Å². The number of ether oxygens (including phenoxy) is 4. The van der Waals surface area contributed by atoms with Crippen molar-refractivity contribution in [1.29, 1.82) is 0 Å². The molecule has 0 aromatic heterocycles. The first kappa shape index (κ1) is 24.5. The highest BCUT2D eigenvalue weighted by Crippen LogP contribution is 2.29. The lowest BCUT2D eigenvalue weighted by molar-refractivity contribution is 0.284. The van der Waals surface area contributed by atoms with Gasteiger partial charge < -0.3 is 18.9 Å². The number of nitrogens with zero attached hydrogens (tertiary/aromatic N) is 2. The van der Waals surface area contributed by atoms with Crippen molar-refractivity contribution in [1.82, 2.24) is 0 Å². The number of hydrogen-bond donors (Lipinski definition) is 0. The Morgan fingerprint density at radius 2 is 0.944 bits per heavy atom. The normalized spacial score (nSPS) is 11.1. The molecule has 4 aromatic carbocycles. The highest BCUT2D eigenvalue weighted by atomic mass is 16.5. The molecule has 4 rings (SSSR count). The largest absolute Gasteiger partial charge is 0.493 e. The zero-order valence-corrected chi connectivity index (χ0v) is 20.3. The van der Waals surface area contributed by atoms with E-state index in [2.05, 4.69) is 10.2 Å². The van der Waals surface area contributed by atoms with Gasteiger partial charge in [0.25, 0.3) is 0 Å². The van der Waals surface area contributed by atoms with Gasteiger partial charge in [-0.25, -0.2) is 0 Å². The van der Waals surface area contributed by atoms with Gasteiger partial charge in [-0.1, -0.05) is 60.7 Å². The molecule has 182 valence electrons. The van der Waals surface area contributed by atoms with Crippen LogP contribution in [0.2, 0.25) is 0 Å². The molecule has 6 heteroatoms. The second-order valence-corrected chi connectivity index (χ2v) is 7.86. The molecule has 0 amide bonds. The lowest BCUT2D eigenvalue weighted by Gasteiger charge is -2.11. The van der Waals surface area contributed by atoms with Gasteiger partial charge in [-0.2, -0.15) is 10.2 Å². The molecule has 0 fully saturated rings. The van der Waals surface area contributed by atoms with E-state index in [-0.39, 0.29) is 0 Å². The highest BCUT2D eigenvalue weighted by Gasteiger charge is 2.07. The molecule has 0 unspecified atom stereocenters. The summed E-state index contributed by atoms with van der Waals surface area (Å²) in [5.74, 6) is 2.61. The van der Waals surface area contributed by atoms with Gasteiger partial charge >= 0.3 is 0 Å². The Labute approximate surface area is 211 Å². The zero-order valence-electron chi connectivity index (χ0n) is 20.3. The minimum atomic E-state index is 0.467. The first-order valence-electron chi connectivity index (χ1n) is 11.5. The van der Waals surface area contributed by atoms with E-state index in [1.54, 1.807) is 26.6 Å². The van der Waals surface area contributed by atoms with Gasteiger partial charge in [-0.15, -0.1) is 0 Å². The van der Waals surface area contributed by atoms with E-state index in [1.807, 2.05) is 97.1 Å². The van der Waals surface area contributed by atoms with E-state index in [4.69, 9.17) is 18.9 Å². The quantitative estimate of drug-likeness (QED) is 0.186. The Balaban J connectivity index is 1.36. The van der Waals surface area contributed by atoms with Crippen LogP contribution in [0.1, 0.15) is 22.3 Å². The second kappa shape index (κ2) is 12.8. The summed E-state index contributed by atoms with van der Waals surface area (Å²) in [5, 5.41) is 8.33. The van der Waals surface area contributed by atoms with Crippen molar-refractivity contribution in [3.05, 3.63) is 119 Å². The van der Waals surface area contributed by atoms with Gasteiger partial charge in [-0.05, 0) is 58.7 Å². The maximum absolute atomic E-state index is 5.91. The Morgan fingerprint density at radius 1 is 0.528 bits per heavy atom. The fraction of sp³-hybridized carbons (Fsp3) is 0.133. The molecule has 0 spiro atoms. The van der Waals surface area contributed by atoms with Crippen LogP contribution in [0.4, 0.5) is 0 Å². The smallest absolute Gasteiger partial charge is 0.161 e. The summed E-state index contributed by atoms with van der Waals surface area (Å²) >= 11 is 0. The fourth-order valence-corrected chi connectivity index (χ4v) is 3.44. The first-order valence-corrected chi connectivity index (χ1v) is 11.5. The standard InChI is InChI=1S/C30H28N2O4/c1-33-29-17-25(13-15-27(29)35-21-23-9-5-3-6-10-23)19-31-32-20-26-14-16-28(30(18-26)34-2)36-22-24-11-7-4-8-12-24/h3-20H,21-22H2,1-2H3/b31-19-,32-20-. The van der Waals surface area contributed by atoms with Crippen LogP contribution in [0.25, 0.3) is 0 Å². The van der Waals surface area contributed by atoms with Crippen LogP contribution in [0.3, 0.4) is 0 Å². The van der Waals surface area contributed by atoms with Crippen molar-refractivity contribution in [2.24, 2.45) is 10.2 Å². The molecule has 0 aliphatic heterocycles. The average molecular weight is 481 g/mol. The monoisotopic (exact) mass is 480 g/mol. The van der Waals surface area contributed by atoms with E-state index in [9.17, 15) is 0 Å². The van der Waals surface area contributed by atoms with Crippen LogP contribution in [-0.2, 0) is 13.2 Å². The van der Waals surface area contributed by atoms with Crippen LogP contribution in [0.15, 0.2) is 107 Å². The third-order valence-electron chi connectivity index (χ3n) is 5.33. The summed E-state index contributed by atoms with van der Waals surface area (Å²) in [6.45, 7) is 0.933. The van der Waals surface area contributed by atoms with Crippen molar-refractivity contribution in [2.75, 3.05) is 14.2 Å². The maximum Gasteiger partial charge on any atom is 0.161 e. The molecule has 0 radical (unpaired) electrons. The topological polar surface area (TPSA) is 61.6 Å². The summed E-state index contributed by atoms with van der Waals surface area (Å²) in [5.41, 5.74) is 3.87. The summed E-state index contributed by atoms with van der Waals surface area (Å²) in [6, 6.07) is 31.3. The Morgan fingerprint density at radius 3 is 1.33 bits per heavy atom. The minimum absolute atomic E-state index is 0.467. The minimum Gasteiger partial charge on any atom is -0.493 e. The second-order valence-electron chi connectivity index (χ2n) is 7.86. The van der Waals surface area contributed by atoms with Gasteiger partial charge in [0.1, 0.15) is 13.2 Å². The van der Waals surface area contributed by atoms with Crippen molar-refractivity contribution in [2.45, 2.75) is 13.2 Å². The summed E-state index contributed by atoms with van der Waals surface area (Å²) in [7, 11) is 3.23. The number of methoxy groups -OCH3 is 2. The maximum atomic E-state index is 5.91. The average Bonchev–Trinajstić information content (AvgIpc) is 2.94. The van der Waals surface area contributed by atoms with Crippen molar-refractivity contribution in [3.63, 3.8) is 0 Å². The van der Waals surface area contributed by atoms with Crippen LogP contribution in [-0.4, -0.2) is 26.6 Å². The zero-order chi connectivity index (χ0) is 25.0. The van der Waals surface area contributed by atoms with Gasteiger partial charge in [0.2, 0.25) is 0 Å². The van der Waals surface area contributed by atoms with E-state index in [0.29, 0.717) is 36.2 Å². The summed E-state index contributed by atoms with van der Waals surface area (Å²) in [4.78, 5) is 0. The number of rotatable bonds is 11. The van der Waals surface area contributed by atoms with Gasteiger partial charge in [0, 0.05) is 0 Å². The van der Waals surface area contributed by atoms with Crippen molar-refractivity contribution >= 4 is 12.4 Å². The van der Waals surface area contributed by atoms with Crippen LogP contribution < -0.4 is 18.9 Å². The molecule has 0 heterocycles. The predicted molar refractivity (Wildman–Crippen MR) is 143 cm³/mol. The van der Waals surface area contributed by atoms with Crippen molar-refractivity contribution < 1.29 is 18.9 Å². The van der Waals surface area contributed by atoms with E-state index >= 15 is 0 Å². The predicted octanol–water partition coefficient (Wildman–Crippen LogP) is 6.31. The first-order chi connectivity index (χ1) is 17.7. The van der Waals surface area contributed by atoms with Crippen LogP contribution in [0, 0.1) is 0 Å². The summed E-state index contributed by atoms with van der Waals surface area (Å²) < 4.78 is 22.8. The molecule has 0 N–H and O–H groups in total. The molecule has 0 bridgehead atoms. The molecule has 36 heavy (non-hydrogen) atoms.